The largest absolute Gasteiger partial charge is 0.274 e. The zero-order valence-corrected chi connectivity index (χ0v) is 6.73. The van der Waals surface area contributed by atoms with Crippen LogP contribution in [-0.4, -0.2) is 5.91 Å². The molecule has 0 bridgehead atoms. The molecule has 1 rings (SSSR count). The number of nitrogens with zero attached hydrogens (tertiary/aromatic N) is 1. The SMILES string of the molecule is Cc1ccsc1C(=O)NC#N. The average molecular weight is 166 g/mol. The van der Waals surface area contributed by atoms with Crippen molar-refractivity contribution in [1.29, 1.82) is 5.26 Å². The molecule has 3 nitrogen and oxygen atoms in total. The van der Waals surface area contributed by atoms with Gasteiger partial charge in [-0.2, -0.15) is 5.26 Å². The van der Waals surface area contributed by atoms with Crippen LogP contribution >= 0.6 is 11.3 Å². The van der Waals surface area contributed by atoms with Crippen LogP contribution in [0.25, 0.3) is 0 Å². The van der Waals surface area contributed by atoms with Crippen LogP contribution in [0.3, 0.4) is 0 Å². The van der Waals surface area contributed by atoms with Crippen molar-refractivity contribution < 1.29 is 4.79 Å². The van der Waals surface area contributed by atoms with Crippen molar-refractivity contribution in [3.8, 4) is 6.19 Å². The van der Waals surface area contributed by atoms with Gasteiger partial charge in [0.15, 0.2) is 6.19 Å². The first-order valence-electron chi connectivity index (χ1n) is 2.99. The van der Waals surface area contributed by atoms with E-state index in [-0.39, 0.29) is 5.91 Å². The first-order valence-corrected chi connectivity index (χ1v) is 3.87. The van der Waals surface area contributed by atoms with Crippen LogP contribution < -0.4 is 5.32 Å². The van der Waals surface area contributed by atoms with Crippen LogP contribution in [-0.2, 0) is 0 Å². The van der Waals surface area contributed by atoms with Gasteiger partial charge in [-0.1, -0.05) is 0 Å². The minimum absolute atomic E-state index is 0.319. The van der Waals surface area contributed by atoms with Crippen LogP contribution in [0, 0.1) is 18.4 Å². The van der Waals surface area contributed by atoms with Gasteiger partial charge in [-0.3, -0.25) is 10.1 Å². The lowest BCUT2D eigenvalue weighted by Gasteiger charge is -1.92. The summed E-state index contributed by atoms with van der Waals surface area (Å²) in [4.78, 5) is 11.6. The van der Waals surface area contributed by atoms with Crippen molar-refractivity contribution in [1.82, 2.24) is 5.32 Å². The third kappa shape index (κ3) is 1.57. The molecule has 0 aliphatic rings. The molecule has 0 unspecified atom stereocenters. The normalized spacial score (nSPS) is 8.73. The zero-order valence-electron chi connectivity index (χ0n) is 5.92. The Bertz CT molecular complexity index is 310. The van der Waals surface area contributed by atoms with Gasteiger partial charge >= 0.3 is 0 Å². The van der Waals surface area contributed by atoms with Gasteiger partial charge in [-0.25, -0.2) is 0 Å². The predicted molar refractivity (Wildman–Crippen MR) is 42.1 cm³/mol. The molecule has 1 aromatic rings. The average Bonchev–Trinajstić information content (AvgIpc) is 2.36. The second-order valence-corrected chi connectivity index (χ2v) is 2.91. The summed E-state index contributed by atoms with van der Waals surface area (Å²) < 4.78 is 0. The number of nitrogens with one attached hydrogen (secondary N) is 1. The molecule has 1 aromatic heterocycles. The Kier molecular flexibility index (Phi) is 2.24. The van der Waals surface area contributed by atoms with Gasteiger partial charge in [0.2, 0.25) is 0 Å². The summed E-state index contributed by atoms with van der Waals surface area (Å²) >= 11 is 1.33. The maximum atomic E-state index is 11.0. The third-order valence-corrected chi connectivity index (χ3v) is 2.25. The van der Waals surface area contributed by atoms with E-state index in [0.717, 1.165) is 5.56 Å². The standard InChI is InChI=1S/C7H6N2OS/c1-5-2-3-11-6(5)7(10)9-4-8/h2-3H,1H3,(H,9,10). The molecule has 1 heterocycles. The molecule has 11 heavy (non-hydrogen) atoms. The molecule has 1 N–H and O–H groups in total. The fourth-order valence-corrected chi connectivity index (χ4v) is 1.53. The minimum Gasteiger partial charge on any atom is -0.267 e. The summed E-state index contributed by atoms with van der Waals surface area (Å²) in [7, 11) is 0. The van der Waals surface area contributed by atoms with E-state index in [1.165, 1.54) is 11.3 Å². The molecule has 1 amide bonds. The van der Waals surface area contributed by atoms with Gasteiger partial charge in [-0.15, -0.1) is 11.3 Å². The van der Waals surface area contributed by atoms with Crippen molar-refractivity contribution in [2.45, 2.75) is 6.92 Å². The molecule has 0 saturated carbocycles. The lowest BCUT2D eigenvalue weighted by Crippen LogP contribution is -2.16. The molecular weight excluding hydrogens is 160 g/mol. The maximum Gasteiger partial charge on any atom is 0.274 e. The molecule has 0 fully saturated rings. The summed E-state index contributed by atoms with van der Waals surface area (Å²) in [6.45, 7) is 1.84. The molecule has 0 aromatic carbocycles. The van der Waals surface area contributed by atoms with Crippen LogP contribution in [0.5, 0.6) is 0 Å². The van der Waals surface area contributed by atoms with Crippen molar-refractivity contribution in [3.63, 3.8) is 0 Å². The van der Waals surface area contributed by atoms with E-state index in [1.54, 1.807) is 6.19 Å². The number of rotatable bonds is 1. The molecule has 56 valence electrons. The van der Waals surface area contributed by atoms with E-state index in [9.17, 15) is 4.79 Å². The quantitative estimate of drug-likeness (QED) is 0.504. The molecule has 0 aliphatic heterocycles. The van der Waals surface area contributed by atoms with Crippen LogP contribution in [0.2, 0.25) is 0 Å². The zero-order chi connectivity index (χ0) is 8.27. The highest BCUT2D eigenvalue weighted by Gasteiger charge is 2.08. The Hall–Kier alpha value is -1.34. The fraction of sp³-hybridized carbons (Fsp3) is 0.143. The first kappa shape index (κ1) is 7.76. The smallest absolute Gasteiger partial charge is 0.267 e. The number of amides is 1. The van der Waals surface area contributed by atoms with Crippen molar-refractivity contribution >= 4 is 17.2 Å². The first-order chi connectivity index (χ1) is 5.25. The van der Waals surface area contributed by atoms with Crippen molar-refractivity contribution in [3.05, 3.63) is 21.9 Å². The highest BCUT2D eigenvalue weighted by Crippen LogP contribution is 2.14. The van der Waals surface area contributed by atoms with Crippen LogP contribution in [0.15, 0.2) is 11.4 Å². The number of nitriles is 1. The van der Waals surface area contributed by atoms with Gasteiger partial charge < -0.3 is 0 Å². The Balaban J connectivity index is 2.86. The summed E-state index contributed by atoms with van der Waals surface area (Å²) in [6, 6.07) is 1.84. The van der Waals surface area contributed by atoms with Gasteiger partial charge in [0, 0.05) is 0 Å². The molecule has 0 saturated heterocycles. The topological polar surface area (TPSA) is 52.9 Å². The number of aryl methyl sites for hydroxylation is 1. The Morgan fingerprint density at radius 2 is 2.55 bits per heavy atom. The van der Waals surface area contributed by atoms with E-state index in [1.807, 2.05) is 18.4 Å². The van der Waals surface area contributed by atoms with Crippen LogP contribution in [0.1, 0.15) is 15.2 Å². The van der Waals surface area contributed by atoms with E-state index in [4.69, 9.17) is 5.26 Å². The number of hydrogen-bond donors (Lipinski definition) is 1. The number of carbonyl (C=O) groups is 1. The lowest BCUT2D eigenvalue weighted by atomic mass is 10.3. The Labute approximate surface area is 68.3 Å². The van der Waals surface area contributed by atoms with Crippen molar-refractivity contribution in [2.75, 3.05) is 0 Å². The summed E-state index contributed by atoms with van der Waals surface area (Å²) in [5.74, 6) is -0.319. The summed E-state index contributed by atoms with van der Waals surface area (Å²) in [5.41, 5.74) is 0.905. The van der Waals surface area contributed by atoms with Gasteiger partial charge in [0.05, 0.1) is 4.88 Å². The van der Waals surface area contributed by atoms with E-state index in [2.05, 4.69) is 5.32 Å². The Morgan fingerprint density at radius 1 is 1.82 bits per heavy atom. The van der Waals surface area contributed by atoms with E-state index >= 15 is 0 Å². The molecule has 0 spiro atoms. The highest BCUT2D eigenvalue weighted by molar-refractivity contribution is 7.12. The summed E-state index contributed by atoms with van der Waals surface area (Å²) in [6.07, 6.45) is 1.59. The summed E-state index contributed by atoms with van der Waals surface area (Å²) in [5, 5.41) is 12.0. The fourth-order valence-electron chi connectivity index (χ4n) is 0.713. The number of carbonyl (C=O) groups excluding carboxylic acids is 1. The van der Waals surface area contributed by atoms with Gasteiger partial charge in [0.1, 0.15) is 0 Å². The minimum atomic E-state index is -0.319. The van der Waals surface area contributed by atoms with Crippen LogP contribution in [0.4, 0.5) is 0 Å². The number of thiophene rings is 1. The molecule has 4 heteroatoms. The third-order valence-electron chi connectivity index (χ3n) is 1.24. The van der Waals surface area contributed by atoms with E-state index < -0.39 is 0 Å². The highest BCUT2D eigenvalue weighted by atomic mass is 32.1. The molecule has 0 atom stereocenters. The van der Waals surface area contributed by atoms with Gasteiger partial charge in [0.25, 0.3) is 5.91 Å². The van der Waals surface area contributed by atoms with Crippen molar-refractivity contribution in [2.24, 2.45) is 0 Å². The predicted octanol–water partition coefficient (Wildman–Crippen LogP) is 1.27. The monoisotopic (exact) mass is 166 g/mol. The maximum absolute atomic E-state index is 11.0. The van der Waals surface area contributed by atoms with Gasteiger partial charge in [-0.05, 0) is 23.9 Å². The lowest BCUT2D eigenvalue weighted by molar-refractivity contribution is 0.0976. The second kappa shape index (κ2) is 3.17. The number of hydrogen-bond acceptors (Lipinski definition) is 3. The Morgan fingerprint density at radius 3 is 3.00 bits per heavy atom. The molecular formula is C7H6N2OS. The van der Waals surface area contributed by atoms with E-state index in [0.29, 0.717) is 4.88 Å². The molecule has 0 aliphatic carbocycles. The molecule has 0 radical (unpaired) electrons. The second-order valence-electron chi connectivity index (χ2n) is 2.00.